The van der Waals surface area contributed by atoms with Crippen LogP contribution in [-0.2, 0) is 6.54 Å². The van der Waals surface area contributed by atoms with Crippen molar-refractivity contribution in [2.75, 3.05) is 12.4 Å². The number of rotatable bonds is 7. The van der Waals surface area contributed by atoms with Crippen LogP contribution in [0.4, 0.5) is 11.5 Å². The first kappa shape index (κ1) is 16.0. The van der Waals surface area contributed by atoms with Gasteiger partial charge in [0.1, 0.15) is 17.7 Å². The lowest BCUT2D eigenvalue weighted by molar-refractivity contribution is -0.385. The Morgan fingerprint density at radius 1 is 1.29 bits per heavy atom. The summed E-state index contributed by atoms with van der Waals surface area (Å²) in [6.07, 6.45) is 3.00. The molecule has 0 atom stereocenters. The van der Waals surface area contributed by atoms with Gasteiger partial charge in [-0.05, 0) is 37.5 Å². The number of benzene rings is 1. The van der Waals surface area contributed by atoms with Crippen molar-refractivity contribution in [1.29, 1.82) is 0 Å². The normalized spacial score (nSPS) is 14.8. The van der Waals surface area contributed by atoms with E-state index in [-0.39, 0.29) is 23.0 Å². The van der Waals surface area contributed by atoms with Crippen LogP contribution < -0.4 is 14.8 Å². The first-order chi connectivity index (χ1) is 11.5. The van der Waals surface area contributed by atoms with Crippen molar-refractivity contribution in [2.45, 2.75) is 31.9 Å². The minimum Gasteiger partial charge on any atom is -0.497 e. The van der Waals surface area contributed by atoms with E-state index in [9.17, 15) is 10.1 Å². The van der Waals surface area contributed by atoms with Gasteiger partial charge >= 0.3 is 5.69 Å². The highest BCUT2D eigenvalue weighted by atomic mass is 16.6. The van der Waals surface area contributed by atoms with E-state index in [1.165, 1.54) is 6.33 Å². The van der Waals surface area contributed by atoms with E-state index in [1.807, 2.05) is 31.2 Å². The standard InChI is InChI=1S/C16H18N4O4/c1-16(7-8-16)24-15-13(20(21)22)14(18-10-19-15)17-9-11-3-5-12(23-2)6-4-11/h3-6,10H,7-9H2,1-2H3,(H,17,18,19). The van der Waals surface area contributed by atoms with Crippen molar-refractivity contribution in [3.8, 4) is 11.6 Å². The van der Waals surface area contributed by atoms with E-state index >= 15 is 0 Å². The Labute approximate surface area is 139 Å². The highest BCUT2D eigenvalue weighted by Gasteiger charge is 2.42. The third-order valence-electron chi connectivity index (χ3n) is 3.89. The van der Waals surface area contributed by atoms with Crippen LogP contribution in [0.1, 0.15) is 25.3 Å². The molecule has 1 aliphatic carbocycles. The van der Waals surface area contributed by atoms with Crippen LogP contribution in [-0.4, -0.2) is 27.6 Å². The molecule has 0 unspecified atom stereocenters. The average Bonchev–Trinajstić information content (AvgIpc) is 3.30. The van der Waals surface area contributed by atoms with Gasteiger partial charge < -0.3 is 14.8 Å². The summed E-state index contributed by atoms with van der Waals surface area (Å²) < 4.78 is 10.8. The Hall–Kier alpha value is -2.90. The Bertz CT molecular complexity index is 744. The van der Waals surface area contributed by atoms with Crippen LogP contribution in [0.25, 0.3) is 0 Å². The molecule has 2 aromatic rings. The van der Waals surface area contributed by atoms with Gasteiger partial charge in [0.15, 0.2) is 0 Å². The van der Waals surface area contributed by atoms with Crippen LogP contribution in [0.3, 0.4) is 0 Å². The lowest BCUT2D eigenvalue weighted by Gasteiger charge is -2.13. The van der Waals surface area contributed by atoms with Crippen molar-refractivity contribution < 1.29 is 14.4 Å². The van der Waals surface area contributed by atoms with E-state index in [1.54, 1.807) is 7.11 Å². The van der Waals surface area contributed by atoms with E-state index in [4.69, 9.17) is 9.47 Å². The molecule has 1 heterocycles. The topological polar surface area (TPSA) is 99.4 Å². The smallest absolute Gasteiger partial charge is 0.372 e. The second kappa shape index (κ2) is 6.31. The predicted octanol–water partition coefficient (Wildman–Crippen LogP) is 2.94. The molecule has 8 nitrogen and oxygen atoms in total. The third-order valence-corrected chi connectivity index (χ3v) is 3.89. The van der Waals surface area contributed by atoms with Crippen LogP contribution in [0.2, 0.25) is 0 Å². The molecule has 1 aromatic heterocycles. The zero-order chi connectivity index (χ0) is 17.2. The molecule has 8 heteroatoms. The monoisotopic (exact) mass is 330 g/mol. The molecule has 0 amide bonds. The molecule has 0 aliphatic heterocycles. The van der Waals surface area contributed by atoms with E-state index in [0.29, 0.717) is 6.54 Å². The maximum atomic E-state index is 11.4. The fourth-order valence-electron chi connectivity index (χ4n) is 2.17. The molecule has 0 bridgehead atoms. The Morgan fingerprint density at radius 2 is 2.00 bits per heavy atom. The minimum atomic E-state index is -0.516. The number of hydrogen-bond donors (Lipinski definition) is 1. The Morgan fingerprint density at radius 3 is 2.58 bits per heavy atom. The first-order valence-electron chi connectivity index (χ1n) is 7.56. The third kappa shape index (κ3) is 3.53. The minimum absolute atomic E-state index is 0.00670. The van der Waals surface area contributed by atoms with Gasteiger partial charge in [0, 0.05) is 6.54 Å². The summed E-state index contributed by atoms with van der Waals surface area (Å²) in [4.78, 5) is 18.8. The Balaban J connectivity index is 1.78. The summed E-state index contributed by atoms with van der Waals surface area (Å²) >= 11 is 0. The van der Waals surface area contributed by atoms with Gasteiger partial charge in [0.2, 0.25) is 5.82 Å². The number of anilines is 1. The molecule has 126 valence electrons. The zero-order valence-corrected chi connectivity index (χ0v) is 13.5. The number of aromatic nitrogens is 2. The van der Waals surface area contributed by atoms with Gasteiger partial charge in [0.05, 0.1) is 12.0 Å². The zero-order valence-electron chi connectivity index (χ0n) is 13.5. The van der Waals surface area contributed by atoms with Crippen molar-refractivity contribution in [3.05, 3.63) is 46.3 Å². The van der Waals surface area contributed by atoms with Crippen molar-refractivity contribution >= 4 is 11.5 Å². The molecule has 24 heavy (non-hydrogen) atoms. The fourth-order valence-corrected chi connectivity index (χ4v) is 2.17. The van der Waals surface area contributed by atoms with Crippen molar-refractivity contribution in [1.82, 2.24) is 9.97 Å². The van der Waals surface area contributed by atoms with E-state index in [0.717, 1.165) is 24.2 Å². The largest absolute Gasteiger partial charge is 0.497 e. The summed E-state index contributed by atoms with van der Waals surface area (Å²) in [5.74, 6) is 0.900. The van der Waals surface area contributed by atoms with Crippen molar-refractivity contribution in [3.63, 3.8) is 0 Å². The average molecular weight is 330 g/mol. The molecule has 1 aromatic carbocycles. The number of ether oxygens (including phenoxy) is 2. The van der Waals surface area contributed by atoms with E-state index < -0.39 is 4.92 Å². The lowest BCUT2D eigenvalue weighted by Crippen LogP contribution is -2.15. The predicted molar refractivity (Wildman–Crippen MR) is 87.3 cm³/mol. The number of methoxy groups -OCH3 is 1. The Kier molecular flexibility index (Phi) is 4.20. The van der Waals surface area contributed by atoms with Gasteiger partial charge in [-0.25, -0.2) is 4.98 Å². The van der Waals surface area contributed by atoms with Crippen LogP contribution in [0, 0.1) is 10.1 Å². The summed E-state index contributed by atoms with van der Waals surface area (Å²) in [6, 6.07) is 7.41. The SMILES string of the molecule is COc1ccc(CNc2ncnc(OC3(C)CC3)c2[N+](=O)[O-])cc1. The molecule has 0 radical (unpaired) electrons. The molecule has 3 rings (SSSR count). The molecule has 1 aliphatic rings. The number of nitrogens with zero attached hydrogens (tertiary/aromatic N) is 3. The van der Waals surface area contributed by atoms with Crippen LogP contribution in [0.5, 0.6) is 11.6 Å². The summed E-state index contributed by atoms with van der Waals surface area (Å²) in [7, 11) is 1.60. The van der Waals surface area contributed by atoms with Gasteiger partial charge in [-0.1, -0.05) is 12.1 Å². The van der Waals surface area contributed by atoms with Gasteiger partial charge in [-0.3, -0.25) is 10.1 Å². The molecule has 1 N–H and O–H groups in total. The lowest BCUT2D eigenvalue weighted by atomic mass is 10.2. The van der Waals surface area contributed by atoms with Gasteiger partial charge in [-0.15, -0.1) is 0 Å². The molecular weight excluding hydrogens is 312 g/mol. The summed E-state index contributed by atoms with van der Waals surface area (Å²) in [5, 5.41) is 14.4. The maximum Gasteiger partial charge on any atom is 0.372 e. The van der Waals surface area contributed by atoms with Crippen LogP contribution >= 0.6 is 0 Å². The number of nitrogens with one attached hydrogen (secondary N) is 1. The summed E-state index contributed by atoms with van der Waals surface area (Å²) in [6.45, 7) is 2.29. The molecule has 1 saturated carbocycles. The molecule has 1 fully saturated rings. The highest BCUT2D eigenvalue weighted by Crippen LogP contribution is 2.42. The van der Waals surface area contributed by atoms with Gasteiger partial charge in [-0.2, -0.15) is 4.98 Å². The molecular formula is C16H18N4O4. The highest BCUT2D eigenvalue weighted by molar-refractivity contribution is 5.61. The van der Waals surface area contributed by atoms with Crippen LogP contribution in [0.15, 0.2) is 30.6 Å². The van der Waals surface area contributed by atoms with Gasteiger partial charge in [0.25, 0.3) is 5.88 Å². The quantitative estimate of drug-likeness (QED) is 0.615. The number of nitro groups is 1. The molecule has 0 saturated heterocycles. The second-order valence-corrected chi connectivity index (χ2v) is 5.89. The van der Waals surface area contributed by atoms with Crippen molar-refractivity contribution in [2.24, 2.45) is 0 Å². The fraction of sp³-hybridized carbons (Fsp3) is 0.375. The first-order valence-corrected chi connectivity index (χ1v) is 7.56. The second-order valence-electron chi connectivity index (χ2n) is 5.89. The van der Waals surface area contributed by atoms with E-state index in [2.05, 4.69) is 15.3 Å². The maximum absolute atomic E-state index is 11.4. The molecule has 0 spiro atoms. The summed E-state index contributed by atoms with van der Waals surface area (Å²) in [5.41, 5.74) is 0.353. The number of hydrogen-bond acceptors (Lipinski definition) is 7.